The second-order valence-electron chi connectivity index (χ2n) is 4.23. The quantitative estimate of drug-likeness (QED) is 0.347. The Hall–Kier alpha value is -2.26. The lowest BCUT2D eigenvalue weighted by molar-refractivity contribution is -0.384. The van der Waals surface area contributed by atoms with Crippen LogP contribution in [0.5, 0.6) is 0 Å². The normalized spacial score (nSPS) is 9.83. The molecule has 0 radical (unpaired) electrons. The minimum Gasteiger partial charge on any atom is -0.466 e. The van der Waals surface area contributed by atoms with E-state index in [4.69, 9.17) is 28.6 Å². The number of hydrogen-bond donors (Lipinski definition) is 2. The molecule has 1 aromatic carbocycles. The van der Waals surface area contributed by atoms with Crippen LogP contribution in [-0.4, -0.2) is 28.5 Å². The van der Waals surface area contributed by atoms with Crippen molar-refractivity contribution in [1.29, 1.82) is 0 Å². The van der Waals surface area contributed by atoms with Gasteiger partial charge in [-0.05, 0) is 31.3 Å². The zero-order chi connectivity index (χ0) is 17.4. The summed E-state index contributed by atoms with van der Waals surface area (Å²) in [6.45, 7) is 1.91. The van der Waals surface area contributed by atoms with Gasteiger partial charge in [-0.3, -0.25) is 19.7 Å². The van der Waals surface area contributed by atoms with E-state index in [-0.39, 0.29) is 35.3 Å². The van der Waals surface area contributed by atoms with Gasteiger partial charge in [0.05, 0.1) is 18.0 Å². The minimum absolute atomic E-state index is 0.00931. The molecule has 0 aliphatic carbocycles. The standard InChI is InChI=1S/C13H14ClN3O5S/c1-2-22-12(19)6-5-11(18)16-13(23)15-8-3-4-9(14)10(7-8)17(20)21/h3-4,7H,2,5-6H2,1H3,(H2,15,16,18,23). The number of nitrogens with one attached hydrogen (secondary N) is 2. The maximum atomic E-state index is 11.6. The summed E-state index contributed by atoms with van der Waals surface area (Å²) in [6.07, 6.45) is -0.143. The molecule has 0 bridgehead atoms. The third kappa shape index (κ3) is 6.57. The van der Waals surface area contributed by atoms with E-state index in [1.54, 1.807) is 6.92 Å². The molecular formula is C13H14ClN3O5S. The first-order valence-corrected chi connectivity index (χ1v) is 7.32. The molecule has 0 atom stereocenters. The summed E-state index contributed by atoms with van der Waals surface area (Å²) >= 11 is 10.6. The molecule has 0 unspecified atom stereocenters. The van der Waals surface area contributed by atoms with Crippen molar-refractivity contribution in [2.75, 3.05) is 11.9 Å². The first kappa shape index (κ1) is 18.8. The lowest BCUT2D eigenvalue weighted by Gasteiger charge is -2.09. The summed E-state index contributed by atoms with van der Waals surface area (Å²) in [5, 5.41) is 15.7. The SMILES string of the molecule is CCOC(=O)CCC(=O)NC(=S)Nc1ccc(Cl)c([N+](=O)[O-])c1. The van der Waals surface area contributed by atoms with E-state index in [2.05, 4.69) is 10.6 Å². The Kier molecular flexibility index (Phi) is 7.36. The molecule has 8 nitrogen and oxygen atoms in total. The monoisotopic (exact) mass is 359 g/mol. The number of benzene rings is 1. The minimum atomic E-state index is -0.630. The topological polar surface area (TPSA) is 111 Å². The van der Waals surface area contributed by atoms with Gasteiger partial charge in [-0.2, -0.15) is 0 Å². The van der Waals surface area contributed by atoms with Crippen LogP contribution in [0.2, 0.25) is 5.02 Å². The van der Waals surface area contributed by atoms with E-state index in [0.717, 1.165) is 0 Å². The Morgan fingerprint density at radius 1 is 1.39 bits per heavy atom. The highest BCUT2D eigenvalue weighted by atomic mass is 35.5. The van der Waals surface area contributed by atoms with Crippen molar-refractivity contribution in [3.8, 4) is 0 Å². The molecule has 1 rings (SSSR count). The summed E-state index contributed by atoms with van der Waals surface area (Å²) in [7, 11) is 0. The Bertz CT molecular complexity index is 638. The van der Waals surface area contributed by atoms with Crippen LogP contribution in [0.25, 0.3) is 0 Å². The number of carbonyl (C=O) groups excluding carboxylic acids is 2. The van der Waals surface area contributed by atoms with E-state index in [0.29, 0.717) is 5.69 Å². The van der Waals surface area contributed by atoms with Gasteiger partial charge in [0.1, 0.15) is 5.02 Å². The van der Waals surface area contributed by atoms with Gasteiger partial charge in [-0.1, -0.05) is 11.6 Å². The van der Waals surface area contributed by atoms with Gasteiger partial charge in [0.2, 0.25) is 5.91 Å². The van der Waals surface area contributed by atoms with Crippen LogP contribution in [0.3, 0.4) is 0 Å². The van der Waals surface area contributed by atoms with Crippen LogP contribution >= 0.6 is 23.8 Å². The summed E-state index contributed by atoms with van der Waals surface area (Å²) in [4.78, 5) is 32.9. The molecule has 0 aromatic heterocycles. The van der Waals surface area contributed by atoms with Crippen molar-refractivity contribution in [3.05, 3.63) is 33.3 Å². The zero-order valence-electron chi connectivity index (χ0n) is 12.1. The molecule has 0 aliphatic heterocycles. The average Bonchev–Trinajstić information content (AvgIpc) is 2.47. The van der Waals surface area contributed by atoms with E-state index >= 15 is 0 Å². The maximum absolute atomic E-state index is 11.6. The summed E-state index contributed by atoms with van der Waals surface area (Å²) in [6, 6.07) is 4.01. The van der Waals surface area contributed by atoms with Crippen LogP contribution in [0.1, 0.15) is 19.8 Å². The Morgan fingerprint density at radius 3 is 2.70 bits per heavy atom. The molecule has 0 saturated carbocycles. The number of carbonyl (C=O) groups is 2. The molecule has 1 aromatic rings. The largest absolute Gasteiger partial charge is 0.466 e. The Balaban J connectivity index is 2.53. The number of halogens is 1. The third-order valence-electron chi connectivity index (χ3n) is 2.52. The zero-order valence-corrected chi connectivity index (χ0v) is 13.7. The second kappa shape index (κ2) is 9.01. The van der Waals surface area contributed by atoms with Gasteiger partial charge >= 0.3 is 5.97 Å². The highest BCUT2D eigenvalue weighted by Gasteiger charge is 2.14. The lowest BCUT2D eigenvalue weighted by Crippen LogP contribution is -2.34. The van der Waals surface area contributed by atoms with E-state index in [9.17, 15) is 19.7 Å². The van der Waals surface area contributed by atoms with E-state index in [1.165, 1.54) is 18.2 Å². The van der Waals surface area contributed by atoms with Gasteiger partial charge in [0.25, 0.3) is 5.69 Å². The van der Waals surface area contributed by atoms with Gasteiger partial charge in [-0.25, -0.2) is 0 Å². The number of nitro benzene ring substituents is 1. The fourth-order valence-corrected chi connectivity index (χ4v) is 1.95. The van der Waals surface area contributed by atoms with Crippen LogP contribution in [0, 0.1) is 10.1 Å². The number of nitro groups is 1. The van der Waals surface area contributed by atoms with Crippen LogP contribution in [-0.2, 0) is 14.3 Å². The highest BCUT2D eigenvalue weighted by molar-refractivity contribution is 7.80. The van der Waals surface area contributed by atoms with E-state index < -0.39 is 16.8 Å². The number of thiocarbonyl (C=S) groups is 1. The second-order valence-corrected chi connectivity index (χ2v) is 5.05. The third-order valence-corrected chi connectivity index (χ3v) is 3.04. The first-order chi connectivity index (χ1) is 10.8. The molecule has 0 aliphatic rings. The molecule has 23 heavy (non-hydrogen) atoms. The van der Waals surface area contributed by atoms with Crippen molar-refractivity contribution >= 4 is 52.2 Å². The molecule has 0 saturated heterocycles. The molecule has 2 N–H and O–H groups in total. The van der Waals surface area contributed by atoms with Crippen molar-refractivity contribution < 1.29 is 19.2 Å². The molecular weight excluding hydrogens is 346 g/mol. The van der Waals surface area contributed by atoms with E-state index in [1.807, 2.05) is 0 Å². The fourth-order valence-electron chi connectivity index (χ4n) is 1.53. The number of esters is 1. The first-order valence-electron chi connectivity index (χ1n) is 6.54. The number of anilines is 1. The number of hydrogen-bond acceptors (Lipinski definition) is 6. The number of nitrogens with zero attached hydrogens (tertiary/aromatic N) is 1. The molecule has 0 fully saturated rings. The number of ether oxygens (including phenoxy) is 1. The maximum Gasteiger partial charge on any atom is 0.306 e. The van der Waals surface area contributed by atoms with Gasteiger partial charge in [0, 0.05) is 18.2 Å². The summed E-state index contributed by atoms with van der Waals surface area (Å²) in [5.74, 6) is -0.950. The van der Waals surface area contributed by atoms with Crippen molar-refractivity contribution in [2.45, 2.75) is 19.8 Å². The van der Waals surface area contributed by atoms with Crippen LogP contribution in [0.15, 0.2) is 18.2 Å². The van der Waals surface area contributed by atoms with Gasteiger partial charge < -0.3 is 15.4 Å². The average molecular weight is 360 g/mol. The number of rotatable bonds is 6. The molecule has 124 valence electrons. The van der Waals surface area contributed by atoms with Crippen molar-refractivity contribution in [2.24, 2.45) is 0 Å². The fraction of sp³-hybridized carbons (Fsp3) is 0.308. The van der Waals surface area contributed by atoms with Crippen LogP contribution in [0.4, 0.5) is 11.4 Å². The summed E-state index contributed by atoms with van der Waals surface area (Å²) in [5.41, 5.74) is 0.0184. The molecule has 0 heterocycles. The Morgan fingerprint density at radius 2 is 2.09 bits per heavy atom. The molecule has 0 spiro atoms. The van der Waals surface area contributed by atoms with Gasteiger partial charge in [-0.15, -0.1) is 0 Å². The smallest absolute Gasteiger partial charge is 0.306 e. The van der Waals surface area contributed by atoms with Crippen molar-refractivity contribution in [3.63, 3.8) is 0 Å². The predicted octanol–water partition coefficient (Wildman–Crippen LogP) is 2.40. The van der Waals surface area contributed by atoms with Crippen LogP contribution < -0.4 is 10.6 Å². The molecule has 10 heteroatoms. The summed E-state index contributed by atoms with van der Waals surface area (Å²) < 4.78 is 4.70. The lowest BCUT2D eigenvalue weighted by atomic mass is 10.3. The Labute approximate surface area is 142 Å². The number of amides is 1. The molecule has 1 amide bonds. The van der Waals surface area contributed by atoms with Crippen molar-refractivity contribution in [1.82, 2.24) is 5.32 Å². The van der Waals surface area contributed by atoms with Gasteiger partial charge in [0.15, 0.2) is 5.11 Å². The predicted molar refractivity (Wildman–Crippen MR) is 88.3 cm³/mol. The highest BCUT2D eigenvalue weighted by Crippen LogP contribution is 2.27.